The van der Waals surface area contributed by atoms with E-state index in [4.69, 9.17) is 19.9 Å². The van der Waals surface area contributed by atoms with Gasteiger partial charge in [0.1, 0.15) is 13.2 Å². The van der Waals surface area contributed by atoms with Crippen molar-refractivity contribution in [1.82, 2.24) is 4.90 Å². The Kier molecular flexibility index (Phi) is 6.11. The lowest BCUT2D eigenvalue weighted by molar-refractivity contribution is 0.0746. The molecular formula is C14H21ClN2O4. The van der Waals surface area contributed by atoms with Crippen molar-refractivity contribution in [3.05, 3.63) is 17.7 Å². The molecule has 7 heteroatoms. The number of rotatable bonds is 4. The number of benzene rings is 1. The molecule has 1 amide bonds. The maximum absolute atomic E-state index is 12.4. The summed E-state index contributed by atoms with van der Waals surface area (Å²) in [6.07, 6.45) is 0. The lowest BCUT2D eigenvalue weighted by atomic mass is 10.1. The van der Waals surface area contributed by atoms with Gasteiger partial charge in [0.15, 0.2) is 11.5 Å². The Hall–Kier alpha value is -1.66. The Labute approximate surface area is 130 Å². The van der Waals surface area contributed by atoms with Gasteiger partial charge < -0.3 is 24.8 Å². The summed E-state index contributed by atoms with van der Waals surface area (Å²) >= 11 is 0. The van der Waals surface area contributed by atoms with Crippen molar-refractivity contribution in [1.29, 1.82) is 0 Å². The molecule has 1 aromatic carbocycles. The molecule has 0 fully saturated rings. The first-order chi connectivity index (χ1) is 9.58. The van der Waals surface area contributed by atoms with Crippen LogP contribution >= 0.6 is 12.4 Å². The lowest BCUT2D eigenvalue weighted by Gasteiger charge is -2.25. The first-order valence-electron chi connectivity index (χ1n) is 6.53. The second-order valence-corrected chi connectivity index (χ2v) is 4.70. The van der Waals surface area contributed by atoms with Crippen LogP contribution in [0.2, 0.25) is 0 Å². The average Bonchev–Trinajstić information content (AvgIpc) is 2.51. The highest BCUT2D eigenvalue weighted by molar-refractivity contribution is 5.95. The monoisotopic (exact) mass is 316 g/mol. The maximum Gasteiger partial charge on any atom is 0.254 e. The van der Waals surface area contributed by atoms with Gasteiger partial charge in [-0.25, -0.2) is 0 Å². The van der Waals surface area contributed by atoms with Gasteiger partial charge in [-0.1, -0.05) is 0 Å². The molecule has 0 aliphatic carbocycles. The molecule has 1 aliphatic heterocycles. The van der Waals surface area contributed by atoms with Gasteiger partial charge in [0.05, 0.1) is 7.11 Å². The fraction of sp³-hybridized carbons (Fsp3) is 0.500. The second-order valence-electron chi connectivity index (χ2n) is 4.70. The lowest BCUT2D eigenvalue weighted by Crippen LogP contribution is -2.39. The number of methoxy groups -OCH3 is 1. The highest BCUT2D eigenvalue weighted by Crippen LogP contribution is 2.40. The Morgan fingerprint density at radius 1 is 1.43 bits per heavy atom. The topological polar surface area (TPSA) is 74.0 Å². The van der Waals surface area contributed by atoms with E-state index >= 15 is 0 Å². The van der Waals surface area contributed by atoms with E-state index < -0.39 is 0 Å². The summed E-state index contributed by atoms with van der Waals surface area (Å²) in [7, 11) is 3.26. The third kappa shape index (κ3) is 3.51. The quantitative estimate of drug-likeness (QED) is 0.906. The van der Waals surface area contributed by atoms with Gasteiger partial charge in [-0.2, -0.15) is 0 Å². The van der Waals surface area contributed by atoms with E-state index in [1.54, 1.807) is 24.1 Å². The third-order valence-corrected chi connectivity index (χ3v) is 3.40. The first kappa shape index (κ1) is 17.4. The van der Waals surface area contributed by atoms with E-state index in [-0.39, 0.29) is 24.4 Å². The number of nitrogens with zero attached hydrogens (tertiary/aromatic N) is 1. The number of hydrogen-bond donors (Lipinski definition) is 1. The summed E-state index contributed by atoms with van der Waals surface area (Å²) < 4.78 is 16.3. The number of amides is 1. The fourth-order valence-corrected chi connectivity index (χ4v) is 1.96. The molecule has 0 spiro atoms. The molecule has 0 saturated heterocycles. The van der Waals surface area contributed by atoms with Crippen LogP contribution in [-0.4, -0.2) is 50.8 Å². The van der Waals surface area contributed by atoms with Crippen LogP contribution in [0.25, 0.3) is 0 Å². The van der Waals surface area contributed by atoms with Gasteiger partial charge in [-0.3, -0.25) is 4.79 Å². The largest absolute Gasteiger partial charge is 0.493 e. The zero-order valence-electron chi connectivity index (χ0n) is 12.4. The van der Waals surface area contributed by atoms with Crippen molar-refractivity contribution < 1.29 is 19.0 Å². The average molecular weight is 317 g/mol. The van der Waals surface area contributed by atoms with E-state index in [9.17, 15) is 4.79 Å². The number of halogens is 1. The summed E-state index contributed by atoms with van der Waals surface area (Å²) in [6, 6.07) is 3.30. The standard InChI is InChI=1S/C14H20N2O4.ClH/c1-9(8-15)16(2)14(17)10-6-11(18-3)13-12(7-10)19-4-5-20-13;/h6-7,9H,4-5,8,15H2,1-3H3;1H. The predicted octanol–water partition coefficient (Wildman–Crippen LogP) is 1.31. The van der Waals surface area contributed by atoms with Crippen LogP contribution < -0.4 is 19.9 Å². The van der Waals surface area contributed by atoms with Crippen LogP contribution in [0.15, 0.2) is 12.1 Å². The van der Waals surface area contributed by atoms with E-state index in [2.05, 4.69) is 0 Å². The molecule has 1 heterocycles. The van der Waals surface area contributed by atoms with Crippen LogP contribution in [0.1, 0.15) is 17.3 Å². The third-order valence-electron chi connectivity index (χ3n) is 3.40. The van der Waals surface area contributed by atoms with Gasteiger partial charge in [-0.05, 0) is 19.1 Å². The van der Waals surface area contributed by atoms with Gasteiger partial charge in [0.25, 0.3) is 5.91 Å². The molecule has 21 heavy (non-hydrogen) atoms. The van der Waals surface area contributed by atoms with Crippen LogP contribution in [0, 0.1) is 0 Å². The number of fused-ring (bicyclic) bond motifs is 1. The summed E-state index contributed by atoms with van der Waals surface area (Å²) in [5.74, 6) is 1.45. The van der Waals surface area contributed by atoms with Crippen molar-refractivity contribution in [2.75, 3.05) is 33.9 Å². The normalized spacial score (nSPS) is 13.9. The minimum atomic E-state index is -0.127. The molecular weight excluding hydrogens is 296 g/mol. The number of ether oxygens (including phenoxy) is 3. The minimum Gasteiger partial charge on any atom is -0.493 e. The number of carbonyl (C=O) groups is 1. The van der Waals surface area contributed by atoms with Crippen molar-refractivity contribution in [3.8, 4) is 17.2 Å². The summed E-state index contributed by atoms with van der Waals surface area (Å²) in [6.45, 7) is 3.24. The molecule has 0 aromatic heterocycles. The van der Waals surface area contributed by atoms with E-state index in [1.165, 1.54) is 7.11 Å². The molecule has 1 aliphatic rings. The highest BCUT2D eigenvalue weighted by atomic mass is 35.5. The van der Waals surface area contributed by atoms with Crippen molar-refractivity contribution in [3.63, 3.8) is 0 Å². The van der Waals surface area contributed by atoms with Crippen LogP contribution in [0.5, 0.6) is 17.2 Å². The minimum absolute atomic E-state index is 0. The molecule has 1 unspecified atom stereocenters. The zero-order chi connectivity index (χ0) is 14.7. The van der Waals surface area contributed by atoms with Crippen LogP contribution in [0.4, 0.5) is 0 Å². The second kappa shape index (κ2) is 7.38. The first-order valence-corrected chi connectivity index (χ1v) is 6.53. The molecule has 2 N–H and O–H groups in total. The van der Waals surface area contributed by atoms with Gasteiger partial charge >= 0.3 is 0 Å². The summed E-state index contributed by atoms with van der Waals surface area (Å²) in [5.41, 5.74) is 6.09. The number of hydrogen-bond acceptors (Lipinski definition) is 5. The van der Waals surface area contributed by atoms with Crippen molar-refractivity contribution in [2.45, 2.75) is 13.0 Å². The van der Waals surface area contributed by atoms with Crippen LogP contribution in [0.3, 0.4) is 0 Å². The van der Waals surface area contributed by atoms with Crippen molar-refractivity contribution >= 4 is 18.3 Å². The van der Waals surface area contributed by atoms with Crippen LogP contribution in [-0.2, 0) is 0 Å². The molecule has 0 saturated carbocycles. The van der Waals surface area contributed by atoms with E-state index in [0.717, 1.165) is 0 Å². The highest BCUT2D eigenvalue weighted by Gasteiger charge is 2.23. The van der Waals surface area contributed by atoms with E-state index in [0.29, 0.717) is 42.6 Å². The zero-order valence-corrected chi connectivity index (χ0v) is 13.2. The summed E-state index contributed by atoms with van der Waals surface area (Å²) in [5, 5.41) is 0. The predicted molar refractivity (Wildman–Crippen MR) is 81.8 cm³/mol. The van der Waals surface area contributed by atoms with Crippen molar-refractivity contribution in [2.24, 2.45) is 5.73 Å². The Morgan fingerprint density at radius 2 is 2.10 bits per heavy atom. The number of nitrogens with two attached hydrogens (primary N) is 1. The van der Waals surface area contributed by atoms with Gasteiger partial charge in [-0.15, -0.1) is 12.4 Å². The van der Waals surface area contributed by atoms with Gasteiger partial charge in [0, 0.05) is 25.2 Å². The molecule has 2 rings (SSSR count). The molecule has 1 aromatic rings. The fourth-order valence-electron chi connectivity index (χ4n) is 1.96. The van der Waals surface area contributed by atoms with Gasteiger partial charge in [0.2, 0.25) is 5.75 Å². The maximum atomic E-state index is 12.4. The smallest absolute Gasteiger partial charge is 0.254 e. The Bertz CT molecular complexity index is 493. The number of carbonyl (C=O) groups excluding carboxylic acids is 1. The molecule has 0 bridgehead atoms. The molecule has 0 radical (unpaired) electrons. The molecule has 1 atom stereocenters. The molecule has 6 nitrogen and oxygen atoms in total. The molecule has 118 valence electrons. The Balaban J connectivity index is 0.00000220. The van der Waals surface area contributed by atoms with E-state index in [1.807, 2.05) is 6.92 Å². The SMILES string of the molecule is COc1cc(C(=O)N(C)C(C)CN)cc2c1OCCO2.Cl. The Morgan fingerprint density at radius 3 is 2.71 bits per heavy atom. The summed E-state index contributed by atoms with van der Waals surface area (Å²) in [4.78, 5) is 14.0. The number of likely N-dealkylation sites (N-methyl/N-ethyl adjacent to an activating group) is 1.